The number of carbonyl (C=O) groups is 1. The smallest absolute Gasteiger partial charge is 0.224 e. The average molecular weight is 591 g/mol. The summed E-state index contributed by atoms with van der Waals surface area (Å²) in [5.41, 5.74) is 2.50. The molecule has 2 heterocycles. The molecule has 1 N–H and O–H groups in total. The van der Waals surface area contributed by atoms with Gasteiger partial charge in [-0.1, -0.05) is 30.3 Å². The van der Waals surface area contributed by atoms with Gasteiger partial charge in [-0.15, -0.1) is 0 Å². The number of halogens is 1. The number of likely N-dealkylation sites (tertiary alicyclic amines) is 1. The molecule has 0 aliphatic carbocycles. The second-order valence-electron chi connectivity index (χ2n) is 11.3. The Balaban J connectivity index is 1.26. The number of para-hydroxylation sites is 2. The van der Waals surface area contributed by atoms with Crippen LogP contribution in [0, 0.1) is 11.7 Å². The fraction of sp³-hybridized carbons (Fsp3) is 0.441. The van der Waals surface area contributed by atoms with Crippen LogP contribution in [0.2, 0.25) is 0 Å². The minimum atomic E-state index is -0.169. The van der Waals surface area contributed by atoms with Crippen LogP contribution in [0.4, 0.5) is 15.8 Å². The summed E-state index contributed by atoms with van der Waals surface area (Å²) < 4.78 is 31.0. The number of anilines is 2. The van der Waals surface area contributed by atoms with Crippen LogP contribution in [-0.4, -0.2) is 82.3 Å². The molecule has 2 atom stereocenters. The molecule has 2 aliphatic rings. The molecule has 43 heavy (non-hydrogen) atoms. The number of ether oxygens (including phenoxy) is 3. The zero-order valence-electron chi connectivity index (χ0n) is 25.4. The molecule has 8 nitrogen and oxygen atoms in total. The molecule has 3 aromatic carbocycles. The van der Waals surface area contributed by atoms with Gasteiger partial charge in [0, 0.05) is 69.0 Å². The average Bonchev–Trinajstić information content (AvgIpc) is 3.04. The van der Waals surface area contributed by atoms with Gasteiger partial charge in [-0.3, -0.25) is 14.6 Å². The standard InChI is InChI=1S/C34H43FN4O4/c1-41-28-10-7-9-27(22-28)36-33(40)15-14-25-23-37(24-26-8-6-13-32(42-2)34(26)43-3)17-16-30(25)38-18-20-39(21-19-38)31-12-5-4-11-29(31)35/h4-13,22,25,30H,14-21,23-24H2,1-3H3,(H,36,40)/t25-,30+/m1/s1. The number of methoxy groups -OCH3 is 3. The highest BCUT2D eigenvalue weighted by molar-refractivity contribution is 5.90. The highest BCUT2D eigenvalue weighted by atomic mass is 19.1. The van der Waals surface area contributed by atoms with E-state index in [1.165, 1.54) is 6.07 Å². The van der Waals surface area contributed by atoms with Crippen molar-refractivity contribution in [3.8, 4) is 17.2 Å². The van der Waals surface area contributed by atoms with Gasteiger partial charge < -0.3 is 24.4 Å². The lowest BCUT2D eigenvalue weighted by Gasteiger charge is -2.47. The third kappa shape index (κ3) is 7.58. The number of nitrogens with zero attached hydrogens (tertiary/aromatic N) is 3. The van der Waals surface area contributed by atoms with Crippen molar-refractivity contribution in [1.82, 2.24) is 9.80 Å². The van der Waals surface area contributed by atoms with E-state index in [0.29, 0.717) is 29.8 Å². The molecule has 0 radical (unpaired) electrons. The molecular weight excluding hydrogens is 547 g/mol. The third-order valence-electron chi connectivity index (χ3n) is 8.73. The normalized spacial score (nSPS) is 19.6. The minimum absolute atomic E-state index is 0.00274. The molecule has 2 fully saturated rings. The number of nitrogens with one attached hydrogen (secondary N) is 1. The SMILES string of the molecule is COc1cccc(NC(=O)CC[C@@H]2CN(Cc3cccc(OC)c3OC)CC[C@@H]2N2CCN(c3ccccc3F)CC2)c1. The fourth-order valence-corrected chi connectivity index (χ4v) is 6.57. The van der Waals surface area contributed by atoms with E-state index in [2.05, 4.69) is 26.1 Å². The summed E-state index contributed by atoms with van der Waals surface area (Å²) >= 11 is 0. The van der Waals surface area contributed by atoms with E-state index in [0.717, 1.165) is 81.4 Å². The van der Waals surface area contributed by atoms with E-state index in [-0.39, 0.29) is 11.7 Å². The second-order valence-corrected chi connectivity index (χ2v) is 11.3. The van der Waals surface area contributed by atoms with E-state index in [4.69, 9.17) is 14.2 Å². The number of carbonyl (C=O) groups excluding carboxylic acids is 1. The molecule has 0 aromatic heterocycles. The molecule has 2 aliphatic heterocycles. The quantitative estimate of drug-likeness (QED) is 0.326. The van der Waals surface area contributed by atoms with Crippen molar-refractivity contribution in [3.63, 3.8) is 0 Å². The van der Waals surface area contributed by atoms with Gasteiger partial charge in [-0.2, -0.15) is 0 Å². The first-order valence-corrected chi connectivity index (χ1v) is 15.1. The molecule has 230 valence electrons. The summed E-state index contributed by atoms with van der Waals surface area (Å²) in [6.45, 7) is 5.89. The Labute approximate surface area is 254 Å². The summed E-state index contributed by atoms with van der Waals surface area (Å²) in [5.74, 6) is 2.35. The van der Waals surface area contributed by atoms with E-state index < -0.39 is 0 Å². The Kier molecular flexibility index (Phi) is 10.4. The number of amides is 1. The van der Waals surface area contributed by atoms with Crippen molar-refractivity contribution in [2.75, 3.05) is 70.8 Å². The van der Waals surface area contributed by atoms with Crippen LogP contribution in [0.5, 0.6) is 17.2 Å². The Bertz CT molecular complexity index is 1360. The van der Waals surface area contributed by atoms with E-state index in [9.17, 15) is 9.18 Å². The molecule has 3 aromatic rings. The first kappa shape index (κ1) is 30.6. The van der Waals surface area contributed by atoms with Gasteiger partial charge in [0.15, 0.2) is 11.5 Å². The number of piperazine rings is 1. The van der Waals surface area contributed by atoms with Gasteiger partial charge >= 0.3 is 0 Å². The number of benzene rings is 3. The van der Waals surface area contributed by atoms with Crippen LogP contribution in [0.1, 0.15) is 24.8 Å². The van der Waals surface area contributed by atoms with Crippen molar-refractivity contribution < 1.29 is 23.4 Å². The van der Waals surface area contributed by atoms with Crippen LogP contribution in [0.25, 0.3) is 0 Å². The van der Waals surface area contributed by atoms with Crippen molar-refractivity contribution in [2.45, 2.75) is 31.8 Å². The van der Waals surface area contributed by atoms with Crippen molar-refractivity contribution in [2.24, 2.45) is 5.92 Å². The highest BCUT2D eigenvalue weighted by Gasteiger charge is 2.35. The first-order valence-electron chi connectivity index (χ1n) is 15.1. The monoisotopic (exact) mass is 590 g/mol. The summed E-state index contributed by atoms with van der Waals surface area (Å²) in [6.07, 6.45) is 2.22. The Morgan fingerprint density at radius 3 is 2.44 bits per heavy atom. The molecule has 1 amide bonds. The van der Waals surface area contributed by atoms with Gasteiger partial charge in [0.1, 0.15) is 11.6 Å². The largest absolute Gasteiger partial charge is 0.497 e. The van der Waals surface area contributed by atoms with E-state index >= 15 is 0 Å². The van der Waals surface area contributed by atoms with Crippen LogP contribution in [-0.2, 0) is 11.3 Å². The summed E-state index contributed by atoms with van der Waals surface area (Å²) in [5, 5.41) is 3.04. The van der Waals surface area contributed by atoms with E-state index in [1.54, 1.807) is 27.4 Å². The summed E-state index contributed by atoms with van der Waals surface area (Å²) in [4.78, 5) is 20.2. The van der Waals surface area contributed by atoms with Crippen molar-refractivity contribution in [1.29, 1.82) is 0 Å². The molecule has 0 bridgehead atoms. The molecule has 0 saturated carbocycles. The Morgan fingerprint density at radius 1 is 0.907 bits per heavy atom. The lowest BCUT2D eigenvalue weighted by atomic mass is 9.86. The number of piperidine rings is 1. The fourth-order valence-electron chi connectivity index (χ4n) is 6.57. The Hall–Kier alpha value is -3.82. The minimum Gasteiger partial charge on any atom is -0.497 e. The van der Waals surface area contributed by atoms with Crippen LogP contribution < -0.4 is 24.4 Å². The summed E-state index contributed by atoms with van der Waals surface area (Å²) in [7, 11) is 4.96. The zero-order valence-corrected chi connectivity index (χ0v) is 25.4. The summed E-state index contributed by atoms with van der Waals surface area (Å²) in [6, 6.07) is 20.8. The topological polar surface area (TPSA) is 66.5 Å². The van der Waals surface area contributed by atoms with Gasteiger partial charge in [0.2, 0.25) is 5.91 Å². The maximum absolute atomic E-state index is 14.5. The van der Waals surface area contributed by atoms with Crippen LogP contribution in [0.3, 0.4) is 0 Å². The van der Waals surface area contributed by atoms with Gasteiger partial charge in [0.25, 0.3) is 0 Å². The predicted octanol–water partition coefficient (Wildman–Crippen LogP) is 5.28. The number of hydrogen-bond acceptors (Lipinski definition) is 7. The van der Waals surface area contributed by atoms with Crippen molar-refractivity contribution >= 4 is 17.3 Å². The lowest BCUT2D eigenvalue weighted by molar-refractivity contribution is -0.116. The van der Waals surface area contributed by atoms with Gasteiger partial charge in [-0.05, 0) is 55.6 Å². The maximum Gasteiger partial charge on any atom is 0.224 e. The van der Waals surface area contributed by atoms with Gasteiger partial charge in [-0.25, -0.2) is 4.39 Å². The van der Waals surface area contributed by atoms with Crippen LogP contribution in [0.15, 0.2) is 66.7 Å². The van der Waals surface area contributed by atoms with Crippen molar-refractivity contribution in [3.05, 3.63) is 78.1 Å². The number of hydrogen-bond donors (Lipinski definition) is 1. The highest BCUT2D eigenvalue weighted by Crippen LogP contribution is 2.34. The maximum atomic E-state index is 14.5. The molecule has 9 heteroatoms. The molecule has 0 spiro atoms. The lowest BCUT2D eigenvalue weighted by Crippen LogP contribution is -2.56. The van der Waals surface area contributed by atoms with E-state index in [1.807, 2.05) is 48.5 Å². The second kappa shape index (κ2) is 14.6. The Morgan fingerprint density at radius 2 is 1.70 bits per heavy atom. The molecular formula is C34H43FN4O4. The number of rotatable bonds is 11. The first-order chi connectivity index (χ1) is 21.0. The molecule has 2 saturated heterocycles. The van der Waals surface area contributed by atoms with Crippen LogP contribution >= 0.6 is 0 Å². The third-order valence-corrected chi connectivity index (χ3v) is 8.73. The molecule has 0 unspecified atom stereocenters. The predicted molar refractivity (Wildman–Crippen MR) is 168 cm³/mol. The van der Waals surface area contributed by atoms with Gasteiger partial charge in [0.05, 0.1) is 27.0 Å². The zero-order chi connectivity index (χ0) is 30.2. The molecule has 5 rings (SSSR count).